The van der Waals surface area contributed by atoms with E-state index in [-0.39, 0.29) is 5.91 Å². The van der Waals surface area contributed by atoms with E-state index in [1.807, 2.05) is 11.9 Å². The first-order valence-corrected chi connectivity index (χ1v) is 7.12. The van der Waals surface area contributed by atoms with Gasteiger partial charge < -0.3 is 10.6 Å². The van der Waals surface area contributed by atoms with Crippen molar-refractivity contribution in [1.29, 1.82) is 0 Å². The second-order valence-corrected chi connectivity index (χ2v) is 5.84. The van der Waals surface area contributed by atoms with Crippen molar-refractivity contribution in [3.63, 3.8) is 0 Å². The van der Waals surface area contributed by atoms with Crippen LogP contribution in [0, 0.1) is 0 Å². The number of carbonyl (C=O) groups excluding carboxylic acids is 1. The Morgan fingerprint density at radius 1 is 1.10 bits per heavy atom. The predicted molar refractivity (Wildman–Crippen MR) is 83.6 cm³/mol. The predicted octanol–water partition coefficient (Wildman–Crippen LogP) is 1.66. The zero-order valence-electron chi connectivity index (χ0n) is 13.1. The number of benzene rings is 1. The standard InChI is InChI=1S/C16H27N3O/c1-13(2)15-7-5-14(6-8-15)11-18(3)9-10-19(4)12-16(17)20/h5-8,13H,9-12H2,1-4H3,(H2,17,20). The molecule has 4 nitrogen and oxygen atoms in total. The van der Waals surface area contributed by atoms with Gasteiger partial charge in [-0.25, -0.2) is 0 Å². The minimum Gasteiger partial charge on any atom is -0.369 e. The van der Waals surface area contributed by atoms with Gasteiger partial charge in [-0.05, 0) is 31.1 Å². The molecular formula is C16H27N3O. The van der Waals surface area contributed by atoms with E-state index in [4.69, 9.17) is 5.73 Å². The van der Waals surface area contributed by atoms with Gasteiger partial charge in [-0.1, -0.05) is 38.1 Å². The molecule has 1 rings (SSSR count). The first kappa shape index (κ1) is 16.7. The second kappa shape index (κ2) is 8.02. The number of amides is 1. The average Bonchev–Trinajstić information content (AvgIpc) is 2.36. The van der Waals surface area contributed by atoms with Gasteiger partial charge in [-0.2, -0.15) is 0 Å². The van der Waals surface area contributed by atoms with Crippen molar-refractivity contribution in [1.82, 2.24) is 9.80 Å². The van der Waals surface area contributed by atoms with Gasteiger partial charge in [-0.3, -0.25) is 9.69 Å². The normalized spacial score (nSPS) is 11.6. The molecule has 0 atom stereocenters. The third kappa shape index (κ3) is 6.17. The Labute approximate surface area is 122 Å². The monoisotopic (exact) mass is 277 g/mol. The van der Waals surface area contributed by atoms with E-state index in [1.165, 1.54) is 11.1 Å². The summed E-state index contributed by atoms with van der Waals surface area (Å²) >= 11 is 0. The van der Waals surface area contributed by atoms with Crippen LogP contribution in [0.3, 0.4) is 0 Å². The zero-order valence-corrected chi connectivity index (χ0v) is 13.1. The van der Waals surface area contributed by atoms with Crippen molar-refractivity contribution in [2.75, 3.05) is 33.7 Å². The third-order valence-corrected chi connectivity index (χ3v) is 3.39. The molecule has 1 amide bonds. The summed E-state index contributed by atoms with van der Waals surface area (Å²) in [4.78, 5) is 15.0. The van der Waals surface area contributed by atoms with Gasteiger partial charge >= 0.3 is 0 Å². The highest BCUT2D eigenvalue weighted by Gasteiger charge is 2.06. The maximum Gasteiger partial charge on any atom is 0.231 e. The van der Waals surface area contributed by atoms with E-state index >= 15 is 0 Å². The number of nitrogens with two attached hydrogens (primary N) is 1. The molecule has 0 saturated heterocycles. The van der Waals surface area contributed by atoms with E-state index < -0.39 is 0 Å². The van der Waals surface area contributed by atoms with E-state index in [0.717, 1.165) is 19.6 Å². The topological polar surface area (TPSA) is 49.6 Å². The molecule has 0 aliphatic heterocycles. The molecule has 0 saturated carbocycles. The van der Waals surface area contributed by atoms with Gasteiger partial charge in [0, 0.05) is 19.6 Å². The third-order valence-electron chi connectivity index (χ3n) is 3.39. The van der Waals surface area contributed by atoms with Crippen molar-refractivity contribution < 1.29 is 4.79 Å². The highest BCUT2D eigenvalue weighted by Crippen LogP contribution is 2.15. The molecule has 1 aromatic rings. The Hall–Kier alpha value is -1.39. The molecule has 1 aromatic carbocycles. The van der Waals surface area contributed by atoms with Gasteiger partial charge in [0.1, 0.15) is 0 Å². The molecule has 0 spiro atoms. The number of primary amides is 1. The summed E-state index contributed by atoms with van der Waals surface area (Å²) in [6.07, 6.45) is 0. The summed E-state index contributed by atoms with van der Waals surface area (Å²) in [5.41, 5.74) is 7.85. The minimum atomic E-state index is -0.278. The molecule has 0 aromatic heterocycles. The van der Waals surface area contributed by atoms with Crippen molar-refractivity contribution in [2.45, 2.75) is 26.3 Å². The van der Waals surface area contributed by atoms with Crippen molar-refractivity contribution >= 4 is 5.91 Å². The molecule has 0 fully saturated rings. The number of carbonyl (C=O) groups is 1. The molecule has 2 N–H and O–H groups in total. The second-order valence-electron chi connectivity index (χ2n) is 5.84. The Morgan fingerprint density at radius 2 is 1.65 bits per heavy atom. The lowest BCUT2D eigenvalue weighted by molar-refractivity contribution is -0.118. The van der Waals surface area contributed by atoms with Crippen LogP contribution in [0.1, 0.15) is 30.9 Å². The van der Waals surface area contributed by atoms with Crippen LogP contribution in [0.2, 0.25) is 0 Å². The van der Waals surface area contributed by atoms with E-state index in [2.05, 4.69) is 50.1 Å². The van der Waals surface area contributed by atoms with Crippen molar-refractivity contribution in [3.05, 3.63) is 35.4 Å². The summed E-state index contributed by atoms with van der Waals surface area (Å²) in [7, 11) is 4.00. The molecule has 0 aliphatic carbocycles. The lowest BCUT2D eigenvalue weighted by atomic mass is 10.0. The molecule has 0 bridgehead atoms. The summed E-state index contributed by atoms with van der Waals surface area (Å²) < 4.78 is 0. The summed E-state index contributed by atoms with van der Waals surface area (Å²) in [6.45, 7) is 7.39. The highest BCUT2D eigenvalue weighted by atomic mass is 16.1. The van der Waals surface area contributed by atoms with Crippen LogP contribution in [0.5, 0.6) is 0 Å². The SMILES string of the molecule is CC(C)c1ccc(CN(C)CCN(C)CC(N)=O)cc1. The highest BCUT2D eigenvalue weighted by molar-refractivity contribution is 5.75. The zero-order chi connectivity index (χ0) is 15.1. The van der Waals surface area contributed by atoms with E-state index in [1.54, 1.807) is 0 Å². The first-order chi connectivity index (χ1) is 9.38. The quantitative estimate of drug-likeness (QED) is 0.786. The Balaban J connectivity index is 2.38. The lowest BCUT2D eigenvalue weighted by Crippen LogP contribution is -2.36. The van der Waals surface area contributed by atoms with Gasteiger partial charge in [0.05, 0.1) is 6.54 Å². The Bertz CT molecular complexity index is 414. The largest absolute Gasteiger partial charge is 0.369 e. The summed E-state index contributed by atoms with van der Waals surface area (Å²) in [5, 5.41) is 0. The molecule has 20 heavy (non-hydrogen) atoms. The van der Waals surface area contributed by atoms with Crippen LogP contribution in [0.25, 0.3) is 0 Å². The minimum absolute atomic E-state index is 0.278. The fraction of sp³-hybridized carbons (Fsp3) is 0.562. The van der Waals surface area contributed by atoms with Gasteiger partial charge in [0.15, 0.2) is 0 Å². The van der Waals surface area contributed by atoms with Crippen LogP contribution in [0.15, 0.2) is 24.3 Å². The number of rotatable bonds is 8. The first-order valence-electron chi connectivity index (χ1n) is 7.12. The van der Waals surface area contributed by atoms with Gasteiger partial charge in [0.2, 0.25) is 5.91 Å². The molecule has 0 heterocycles. The smallest absolute Gasteiger partial charge is 0.231 e. The molecule has 0 aliphatic rings. The molecule has 0 radical (unpaired) electrons. The van der Waals surface area contributed by atoms with Crippen molar-refractivity contribution in [3.8, 4) is 0 Å². The van der Waals surface area contributed by atoms with Crippen molar-refractivity contribution in [2.24, 2.45) is 5.73 Å². The summed E-state index contributed by atoms with van der Waals surface area (Å²) in [5.74, 6) is 0.295. The maximum atomic E-state index is 10.8. The Morgan fingerprint density at radius 3 is 2.15 bits per heavy atom. The van der Waals surface area contributed by atoms with Crippen LogP contribution < -0.4 is 5.73 Å². The Kier molecular flexibility index (Phi) is 6.68. The maximum absolute atomic E-state index is 10.8. The van der Waals surface area contributed by atoms with Crippen LogP contribution in [-0.4, -0.2) is 49.4 Å². The number of hydrogen-bond donors (Lipinski definition) is 1. The summed E-state index contributed by atoms with van der Waals surface area (Å²) in [6, 6.07) is 8.79. The fourth-order valence-corrected chi connectivity index (χ4v) is 2.09. The molecule has 0 unspecified atom stereocenters. The van der Waals surface area contributed by atoms with Crippen LogP contribution in [0.4, 0.5) is 0 Å². The number of hydrogen-bond acceptors (Lipinski definition) is 3. The fourth-order valence-electron chi connectivity index (χ4n) is 2.09. The molecule has 4 heteroatoms. The van der Waals surface area contributed by atoms with E-state index in [0.29, 0.717) is 12.5 Å². The molecule has 112 valence electrons. The lowest BCUT2D eigenvalue weighted by Gasteiger charge is -2.21. The number of nitrogens with zero attached hydrogens (tertiary/aromatic N) is 2. The van der Waals surface area contributed by atoms with Gasteiger partial charge in [-0.15, -0.1) is 0 Å². The van der Waals surface area contributed by atoms with Gasteiger partial charge in [0.25, 0.3) is 0 Å². The molecular weight excluding hydrogens is 250 g/mol. The van der Waals surface area contributed by atoms with Crippen LogP contribution >= 0.6 is 0 Å². The average molecular weight is 277 g/mol. The number of likely N-dealkylation sites (N-methyl/N-ethyl adjacent to an activating group) is 2. The van der Waals surface area contributed by atoms with E-state index in [9.17, 15) is 4.79 Å². The van der Waals surface area contributed by atoms with Crippen LogP contribution in [-0.2, 0) is 11.3 Å².